The molecule has 0 amide bonds. The van der Waals surface area contributed by atoms with Crippen LogP contribution in [0.15, 0.2) is 28.8 Å². The topological polar surface area (TPSA) is 55.5 Å². The van der Waals surface area contributed by atoms with Crippen molar-refractivity contribution in [2.75, 3.05) is 13.2 Å². The number of aliphatic hydroxyl groups excluding tert-OH is 1. The van der Waals surface area contributed by atoms with E-state index < -0.39 is 0 Å². The highest BCUT2D eigenvalue weighted by Gasteiger charge is 2.15. The zero-order valence-electron chi connectivity index (χ0n) is 10.6. The number of nitrogens with zero attached hydrogens (tertiary/aromatic N) is 1. The summed E-state index contributed by atoms with van der Waals surface area (Å²) < 4.78 is 10.6. The van der Waals surface area contributed by atoms with Gasteiger partial charge in [-0.2, -0.15) is 0 Å². The summed E-state index contributed by atoms with van der Waals surface area (Å²) in [5.74, 6) is 1.28. The SMILES string of the molecule is CCOc1noc(C)c1-c1ccc(CCO)cc1. The molecule has 0 saturated carbocycles. The summed E-state index contributed by atoms with van der Waals surface area (Å²) in [5.41, 5.74) is 3.01. The maximum absolute atomic E-state index is 8.89. The van der Waals surface area contributed by atoms with Crippen LogP contribution in [0, 0.1) is 6.92 Å². The number of hydrogen-bond donors (Lipinski definition) is 1. The highest BCUT2D eigenvalue weighted by molar-refractivity contribution is 5.70. The van der Waals surface area contributed by atoms with Gasteiger partial charge in [-0.05, 0) is 36.6 Å². The van der Waals surface area contributed by atoms with Gasteiger partial charge >= 0.3 is 0 Å². The molecule has 18 heavy (non-hydrogen) atoms. The van der Waals surface area contributed by atoms with Gasteiger partial charge in [-0.1, -0.05) is 24.3 Å². The predicted octanol–water partition coefficient (Wildman–Crippen LogP) is 2.58. The molecular formula is C14H17NO3. The summed E-state index contributed by atoms with van der Waals surface area (Å²) in [6, 6.07) is 7.97. The molecule has 0 aliphatic rings. The van der Waals surface area contributed by atoms with Crippen molar-refractivity contribution >= 4 is 0 Å². The van der Waals surface area contributed by atoms with Crippen molar-refractivity contribution in [1.29, 1.82) is 0 Å². The van der Waals surface area contributed by atoms with Crippen molar-refractivity contribution < 1.29 is 14.4 Å². The third kappa shape index (κ3) is 2.54. The molecule has 1 N–H and O–H groups in total. The molecule has 1 aromatic carbocycles. The van der Waals surface area contributed by atoms with Crippen LogP contribution in [-0.4, -0.2) is 23.5 Å². The van der Waals surface area contributed by atoms with Crippen molar-refractivity contribution in [3.8, 4) is 17.0 Å². The average molecular weight is 247 g/mol. The third-order valence-corrected chi connectivity index (χ3v) is 2.76. The Kier molecular flexibility index (Phi) is 3.99. The fourth-order valence-electron chi connectivity index (χ4n) is 1.88. The van der Waals surface area contributed by atoms with Crippen molar-refractivity contribution in [2.24, 2.45) is 0 Å². The zero-order valence-corrected chi connectivity index (χ0v) is 10.6. The second kappa shape index (κ2) is 5.69. The molecule has 2 rings (SSSR count). The standard InChI is InChI=1S/C14H17NO3/c1-3-17-14-13(10(2)18-15-14)12-6-4-11(5-7-12)8-9-16/h4-7,16H,3,8-9H2,1-2H3. The van der Waals surface area contributed by atoms with Gasteiger partial charge in [0.15, 0.2) is 0 Å². The molecule has 96 valence electrons. The maximum Gasteiger partial charge on any atom is 0.262 e. The zero-order chi connectivity index (χ0) is 13.0. The number of aryl methyl sites for hydroxylation is 1. The summed E-state index contributed by atoms with van der Waals surface area (Å²) in [7, 11) is 0. The summed E-state index contributed by atoms with van der Waals surface area (Å²) in [4.78, 5) is 0. The first-order valence-corrected chi connectivity index (χ1v) is 6.05. The molecule has 0 radical (unpaired) electrons. The van der Waals surface area contributed by atoms with E-state index in [0.717, 1.165) is 22.5 Å². The van der Waals surface area contributed by atoms with Crippen LogP contribution in [0.2, 0.25) is 0 Å². The molecule has 1 aromatic heterocycles. The van der Waals surface area contributed by atoms with E-state index in [2.05, 4.69) is 5.16 Å². The van der Waals surface area contributed by atoms with Crippen molar-refractivity contribution in [3.05, 3.63) is 35.6 Å². The van der Waals surface area contributed by atoms with Gasteiger partial charge in [0, 0.05) is 6.61 Å². The van der Waals surface area contributed by atoms with E-state index in [1.165, 1.54) is 0 Å². The Labute approximate surface area is 106 Å². The van der Waals surface area contributed by atoms with Crippen LogP contribution < -0.4 is 4.74 Å². The highest BCUT2D eigenvalue weighted by atomic mass is 16.5. The van der Waals surface area contributed by atoms with E-state index in [4.69, 9.17) is 14.4 Å². The van der Waals surface area contributed by atoms with Crippen molar-refractivity contribution in [1.82, 2.24) is 5.16 Å². The summed E-state index contributed by atoms with van der Waals surface area (Å²) >= 11 is 0. The molecule has 1 heterocycles. The van der Waals surface area contributed by atoms with Crippen LogP contribution in [0.3, 0.4) is 0 Å². The molecule has 0 atom stereocenters. The molecule has 2 aromatic rings. The lowest BCUT2D eigenvalue weighted by Crippen LogP contribution is -1.94. The Balaban J connectivity index is 2.32. The van der Waals surface area contributed by atoms with Gasteiger partial charge in [-0.15, -0.1) is 0 Å². The lowest BCUT2D eigenvalue weighted by molar-refractivity contribution is 0.292. The van der Waals surface area contributed by atoms with Crippen LogP contribution in [0.5, 0.6) is 5.88 Å². The first kappa shape index (κ1) is 12.6. The lowest BCUT2D eigenvalue weighted by Gasteiger charge is -2.04. The molecule has 4 heteroatoms. The van der Waals surface area contributed by atoms with Crippen molar-refractivity contribution in [2.45, 2.75) is 20.3 Å². The average Bonchev–Trinajstić information content (AvgIpc) is 2.73. The van der Waals surface area contributed by atoms with Gasteiger partial charge < -0.3 is 14.4 Å². The van der Waals surface area contributed by atoms with Crippen molar-refractivity contribution in [3.63, 3.8) is 0 Å². The number of aliphatic hydroxyl groups is 1. The second-order valence-electron chi connectivity index (χ2n) is 4.02. The summed E-state index contributed by atoms with van der Waals surface area (Å²) in [5, 5.41) is 12.8. The van der Waals surface area contributed by atoms with Crippen LogP contribution in [0.25, 0.3) is 11.1 Å². The van der Waals surface area contributed by atoms with Gasteiger partial charge in [0.1, 0.15) is 5.76 Å². The fourth-order valence-corrected chi connectivity index (χ4v) is 1.88. The molecule has 0 unspecified atom stereocenters. The van der Waals surface area contributed by atoms with E-state index in [0.29, 0.717) is 18.9 Å². The first-order valence-electron chi connectivity index (χ1n) is 6.05. The quantitative estimate of drug-likeness (QED) is 0.882. The van der Waals surface area contributed by atoms with Crippen LogP contribution in [0.1, 0.15) is 18.2 Å². The predicted molar refractivity (Wildman–Crippen MR) is 68.6 cm³/mol. The maximum atomic E-state index is 8.89. The molecule has 0 aliphatic heterocycles. The molecule has 0 saturated heterocycles. The number of rotatable bonds is 5. The molecule has 0 spiro atoms. The summed E-state index contributed by atoms with van der Waals surface area (Å²) in [6.45, 7) is 4.50. The van der Waals surface area contributed by atoms with Crippen LogP contribution in [0.4, 0.5) is 0 Å². The Morgan fingerprint density at radius 1 is 1.28 bits per heavy atom. The first-order chi connectivity index (χ1) is 8.76. The van der Waals surface area contributed by atoms with E-state index >= 15 is 0 Å². The normalized spacial score (nSPS) is 10.6. The number of aromatic nitrogens is 1. The number of benzene rings is 1. The fraction of sp³-hybridized carbons (Fsp3) is 0.357. The second-order valence-corrected chi connectivity index (χ2v) is 4.02. The van der Waals surface area contributed by atoms with Gasteiger partial charge in [0.25, 0.3) is 5.88 Å². The molecule has 0 bridgehead atoms. The van der Waals surface area contributed by atoms with Crippen LogP contribution in [-0.2, 0) is 6.42 Å². The Bertz CT molecular complexity index is 502. The van der Waals surface area contributed by atoms with E-state index in [-0.39, 0.29) is 6.61 Å². The molecule has 4 nitrogen and oxygen atoms in total. The van der Waals surface area contributed by atoms with E-state index in [1.54, 1.807) is 0 Å². The van der Waals surface area contributed by atoms with Crippen LogP contribution >= 0.6 is 0 Å². The molecule has 0 fully saturated rings. The molecular weight excluding hydrogens is 230 g/mol. The Hall–Kier alpha value is -1.81. The lowest BCUT2D eigenvalue weighted by atomic mass is 10.0. The van der Waals surface area contributed by atoms with Gasteiger partial charge in [0.2, 0.25) is 0 Å². The number of hydrogen-bond acceptors (Lipinski definition) is 4. The smallest absolute Gasteiger partial charge is 0.262 e. The number of ether oxygens (including phenoxy) is 1. The van der Waals surface area contributed by atoms with Gasteiger partial charge in [0.05, 0.1) is 12.2 Å². The van der Waals surface area contributed by atoms with E-state index in [9.17, 15) is 0 Å². The Morgan fingerprint density at radius 2 is 2.00 bits per heavy atom. The minimum absolute atomic E-state index is 0.163. The van der Waals surface area contributed by atoms with Gasteiger partial charge in [-0.25, -0.2) is 0 Å². The minimum atomic E-state index is 0.163. The molecule has 0 aliphatic carbocycles. The summed E-state index contributed by atoms with van der Waals surface area (Å²) in [6.07, 6.45) is 0.668. The third-order valence-electron chi connectivity index (χ3n) is 2.76. The van der Waals surface area contributed by atoms with Gasteiger partial charge in [-0.3, -0.25) is 0 Å². The minimum Gasteiger partial charge on any atom is -0.475 e. The van der Waals surface area contributed by atoms with E-state index in [1.807, 2.05) is 38.1 Å². The Morgan fingerprint density at radius 3 is 2.61 bits per heavy atom. The highest BCUT2D eigenvalue weighted by Crippen LogP contribution is 2.32. The largest absolute Gasteiger partial charge is 0.475 e. The monoisotopic (exact) mass is 247 g/mol.